The number of aromatic nitrogens is 2. The number of aliphatic hydroxyl groups is 1. The molecule has 0 unspecified atom stereocenters. The van der Waals surface area contributed by atoms with Crippen molar-refractivity contribution in [2.24, 2.45) is 0 Å². The van der Waals surface area contributed by atoms with Crippen LogP contribution in [0.2, 0.25) is 0 Å². The summed E-state index contributed by atoms with van der Waals surface area (Å²) < 4.78 is 5.46. The van der Waals surface area contributed by atoms with Crippen molar-refractivity contribution < 1.29 is 9.84 Å². The molecular weight excluding hydrogens is 220 g/mol. The van der Waals surface area contributed by atoms with Crippen LogP contribution in [0.1, 0.15) is 26.7 Å². The first-order valence-electron chi connectivity index (χ1n) is 5.77. The monoisotopic (exact) mass is 240 g/mol. The average molecular weight is 240 g/mol. The molecule has 0 amide bonds. The number of hydrogen-bond acceptors (Lipinski definition) is 6. The van der Waals surface area contributed by atoms with E-state index in [2.05, 4.69) is 15.3 Å². The number of nitrogen functional groups attached to an aromatic ring is 1. The highest BCUT2D eigenvalue weighted by molar-refractivity contribution is 5.66. The Balaban J connectivity index is 2.59. The van der Waals surface area contributed by atoms with Gasteiger partial charge in [0.1, 0.15) is 12.0 Å². The molecular formula is C11H20N4O2. The third-order valence-electron chi connectivity index (χ3n) is 2.07. The smallest absolute Gasteiger partial charge is 0.242 e. The van der Waals surface area contributed by atoms with Crippen molar-refractivity contribution in [1.29, 1.82) is 0 Å². The molecule has 0 aliphatic rings. The molecule has 0 saturated heterocycles. The van der Waals surface area contributed by atoms with Gasteiger partial charge in [0.25, 0.3) is 0 Å². The van der Waals surface area contributed by atoms with Crippen LogP contribution in [-0.2, 0) is 0 Å². The summed E-state index contributed by atoms with van der Waals surface area (Å²) in [6, 6.07) is 0. The first kappa shape index (κ1) is 13.5. The summed E-state index contributed by atoms with van der Waals surface area (Å²) in [6.07, 6.45) is 3.06. The van der Waals surface area contributed by atoms with Crippen LogP contribution in [0, 0.1) is 0 Å². The van der Waals surface area contributed by atoms with Crippen LogP contribution in [0.4, 0.5) is 11.5 Å². The first-order chi connectivity index (χ1) is 8.15. The molecule has 0 spiro atoms. The Morgan fingerprint density at radius 2 is 2.18 bits per heavy atom. The number of unbranched alkanes of at least 4 members (excludes halogenated alkanes) is 1. The third-order valence-corrected chi connectivity index (χ3v) is 2.07. The van der Waals surface area contributed by atoms with Crippen molar-refractivity contribution in [3.05, 3.63) is 6.33 Å². The number of nitrogens with one attached hydrogen (secondary N) is 1. The summed E-state index contributed by atoms with van der Waals surface area (Å²) >= 11 is 0. The van der Waals surface area contributed by atoms with Crippen LogP contribution in [0.15, 0.2) is 6.33 Å². The molecule has 17 heavy (non-hydrogen) atoms. The Kier molecular flexibility index (Phi) is 5.48. The maximum atomic E-state index is 8.66. The second-order valence-electron chi connectivity index (χ2n) is 3.97. The van der Waals surface area contributed by atoms with Crippen molar-refractivity contribution in [1.82, 2.24) is 9.97 Å². The summed E-state index contributed by atoms with van der Waals surface area (Å²) in [4.78, 5) is 8.04. The number of hydrogen-bond donors (Lipinski definition) is 3. The predicted molar refractivity (Wildman–Crippen MR) is 67.0 cm³/mol. The van der Waals surface area contributed by atoms with Crippen molar-refractivity contribution in [3.63, 3.8) is 0 Å². The van der Waals surface area contributed by atoms with Crippen LogP contribution in [0.5, 0.6) is 5.88 Å². The fraction of sp³-hybridized carbons (Fsp3) is 0.636. The van der Waals surface area contributed by atoms with Gasteiger partial charge in [-0.15, -0.1) is 0 Å². The van der Waals surface area contributed by atoms with Crippen LogP contribution in [0.3, 0.4) is 0 Å². The van der Waals surface area contributed by atoms with Crippen LogP contribution in [0.25, 0.3) is 0 Å². The van der Waals surface area contributed by atoms with Gasteiger partial charge in [-0.3, -0.25) is 0 Å². The number of nitrogens with zero attached hydrogens (tertiary/aromatic N) is 2. The highest BCUT2D eigenvalue weighted by atomic mass is 16.5. The molecule has 1 rings (SSSR count). The Labute approximate surface area is 101 Å². The minimum absolute atomic E-state index is 0.0226. The predicted octanol–water partition coefficient (Wildman–Crippen LogP) is 1.03. The lowest BCUT2D eigenvalue weighted by Gasteiger charge is -2.13. The van der Waals surface area contributed by atoms with E-state index in [0.29, 0.717) is 23.9 Å². The van der Waals surface area contributed by atoms with E-state index in [1.807, 2.05) is 13.8 Å². The van der Waals surface area contributed by atoms with E-state index < -0.39 is 0 Å². The molecule has 0 fully saturated rings. The van der Waals surface area contributed by atoms with E-state index in [1.54, 1.807) is 0 Å². The maximum Gasteiger partial charge on any atom is 0.242 e. The van der Waals surface area contributed by atoms with Crippen LogP contribution < -0.4 is 15.8 Å². The first-order valence-corrected chi connectivity index (χ1v) is 5.77. The quantitative estimate of drug-likeness (QED) is 0.616. The number of rotatable bonds is 7. The molecule has 0 saturated carbocycles. The fourth-order valence-electron chi connectivity index (χ4n) is 1.28. The molecule has 0 aromatic carbocycles. The van der Waals surface area contributed by atoms with Crippen molar-refractivity contribution in [3.8, 4) is 5.88 Å². The standard InChI is InChI=1S/C11H20N4O2/c1-8(2)17-11-9(12)10(14-7-15-11)13-5-3-4-6-16/h7-8,16H,3-6,12H2,1-2H3,(H,13,14,15). The second kappa shape index (κ2) is 6.90. The molecule has 6 heteroatoms. The lowest BCUT2D eigenvalue weighted by Crippen LogP contribution is -2.12. The van der Waals surface area contributed by atoms with Gasteiger partial charge in [-0.05, 0) is 26.7 Å². The molecule has 1 aromatic rings. The van der Waals surface area contributed by atoms with Gasteiger partial charge >= 0.3 is 0 Å². The number of anilines is 2. The minimum atomic E-state index is 0.0226. The molecule has 0 aliphatic heterocycles. The average Bonchev–Trinajstić information content (AvgIpc) is 2.28. The number of ether oxygens (including phenoxy) is 1. The van der Waals surface area contributed by atoms with Gasteiger partial charge in [-0.1, -0.05) is 0 Å². The second-order valence-corrected chi connectivity index (χ2v) is 3.97. The van der Waals surface area contributed by atoms with Crippen molar-refractivity contribution in [2.45, 2.75) is 32.8 Å². The van der Waals surface area contributed by atoms with E-state index in [9.17, 15) is 0 Å². The molecule has 4 N–H and O–H groups in total. The molecule has 0 bridgehead atoms. The molecule has 1 aromatic heterocycles. The highest BCUT2D eigenvalue weighted by Crippen LogP contribution is 2.25. The van der Waals surface area contributed by atoms with E-state index in [4.69, 9.17) is 15.6 Å². The van der Waals surface area contributed by atoms with Crippen molar-refractivity contribution >= 4 is 11.5 Å². The Morgan fingerprint density at radius 1 is 1.41 bits per heavy atom. The molecule has 0 radical (unpaired) electrons. The van der Waals surface area contributed by atoms with Gasteiger partial charge < -0.3 is 20.9 Å². The topological polar surface area (TPSA) is 93.3 Å². The highest BCUT2D eigenvalue weighted by Gasteiger charge is 2.09. The number of nitrogens with two attached hydrogens (primary N) is 1. The van der Waals surface area contributed by atoms with Crippen LogP contribution in [-0.4, -0.2) is 34.3 Å². The van der Waals surface area contributed by atoms with E-state index in [1.165, 1.54) is 6.33 Å². The summed E-state index contributed by atoms with van der Waals surface area (Å²) in [5.74, 6) is 0.980. The Hall–Kier alpha value is -1.56. The molecule has 0 aliphatic carbocycles. The lowest BCUT2D eigenvalue weighted by atomic mass is 10.3. The molecule has 0 atom stereocenters. The van der Waals surface area contributed by atoms with Gasteiger partial charge in [0.05, 0.1) is 6.10 Å². The summed E-state index contributed by atoms with van der Waals surface area (Å²) in [5.41, 5.74) is 6.31. The number of aliphatic hydroxyl groups excluding tert-OH is 1. The minimum Gasteiger partial charge on any atom is -0.473 e. The molecule has 6 nitrogen and oxygen atoms in total. The SMILES string of the molecule is CC(C)Oc1ncnc(NCCCCO)c1N. The van der Waals surface area contributed by atoms with Gasteiger partial charge in [0, 0.05) is 13.2 Å². The third kappa shape index (κ3) is 4.44. The van der Waals surface area contributed by atoms with Gasteiger partial charge in [0.2, 0.25) is 5.88 Å². The van der Waals surface area contributed by atoms with Crippen LogP contribution >= 0.6 is 0 Å². The van der Waals surface area contributed by atoms with Crippen molar-refractivity contribution in [2.75, 3.05) is 24.2 Å². The molecule has 96 valence electrons. The van der Waals surface area contributed by atoms with E-state index in [0.717, 1.165) is 12.8 Å². The zero-order valence-electron chi connectivity index (χ0n) is 10.3. The zero-order valence-corrected chi connectivity index (χ0v) is 10.3. The molecule has 1 heterocycles. The van der Waals surface area contributed by atoms with E-state index in [-0.39, 0.29) is 12.7 Å². The zero-order chi connectivity index (χ0) is 12.7. The lowest BCUT2D eigenvalue weighted by molar-refractivity contribution is 0.234. The largest absolute Gasteiger partial charge is 0.473 e. The Bertz CT molecular complexity index is 344. The maximum absolute atomic E-state index is 8.66. The van der Waals surface area contributed by atoms with Gasteiger partial charge in [-0.25, -0.2) is 4.98 Å². The van der Waals surface area contributed by atoms with Gasteiger partial charge in [-0.2, -0.15) is 4.98 Å². The van der Waals surface area contributed by atoms with Gasteiger partial charge in [0.15, 0.2) is 5.82 Å². The normalized spacial score (nSPS) is 10.6. The summed E-state index contributed by atoms with van der Waals surface area (Å²) in [5, 5.41) is 11.8. The summed E-state index contributed by atoms with van der Waals surface area (Å²) in [6.45, 7) is 4.73. The summed E-state index contributed by atoms with van der Waals surface area (Å²) in [7, 11) is 0. The Morgan fingerprint density at radius 3 is 2.82 bits per heavy atom. The van der Waals surface area contributed by atoms with E-state index >= 15 is 0 Å². The fourth-order valence-corrected chi connectivity index (χ4v) is 1.28.